The van der Waals surface area contributed by atoms with Gasteiger partial charge in [0, 0.05) is 81.5 Å². The number of hydrogen-bond acceptors (Lipinski definition) is 11. The molecule has 278 valence electrons. The van der Waals surface area contributed by atoms with Crippen LogP contribution in [0.5, 0.6) is 5.75 Å². The summed E-state index contributed by atoms with van der Waals surface area (Å²) in [5.74, 6) is -0.661. The van der Waals surface area contributed by atoms with Crippen LogP contribution in [0.4, 0.5) is 10.1 Å². The van der Waals surface area contributed by atoms with E-state index >= 15 is 0 Å². The van der Waals surface area contributed by atoms with Gasteiger partial charge in [0.15, 0.2) is 11.6 Å². The second-order valence-electron chi connectivity index (χ2n) is 12.5. The van der Waals surface area contributed by atoms with Crippen LogP contribution in [0.15, 0.2) is 57.3 Å². The quantitative estimate of drug-likeness (QED) is 0.275. The van der Waals surface area contributed by atoms with E-state index in [1.54, 1.807) is 18.7 Å². The van der Waals surface area contributed by atoms with E-state index in [0.29, 0.717) is 17.8 Å². The number of piperazine rings is 1. The number of thioether (sulfide) groups is 1. The van der Waals surface area contributed by atoms with Gasteiger partial charge in [-0.2, -0.15) is 0 Å². The van der Waals surface area contributed by atoms with E-state index in [-0.39, 0.29) is 28.8 Å². The summed E-state index contributed by atoms with van der Waals surface area (Å²) < 4.78 is 48.4. The average molecular weight is 734 g/mol. The van der Waals surface area contributed by atoms with Crippen LogP contribution in [0.1, 0.15) is 46.5 Å². The predicted molar refractivity (Wildman–Crippen MR) is 201 cm³/mol. The lowest BCUT2D eigenvalue weighted by molar-refractivity contribution is 0.0396. The van der Waals surface area contributed by atoms with Crippen LogP contribution in [-0.4, -0.2) is 136 Å². The Morgan fingerprint density at radius 1 is 0.900 bits per heavy atom. The molecule has 3 saturated heterocycles. The Labute approximate surface area is 302 Å². The number of likely N-dealkylation sites (tertiary alicyclic amines) is 1. The van der Waals surface area contributed by atoms with Gasteiger partial charge in [-0.3, -0.25) is 14.8 Å². The monoisotopic (exact) mass is 733 g/mol. The molecule has 0 radical (unpaired) electrons. The van der Waals surface area contributed by atoms with Crippen molar-refractivity contribution in [3.8, 4) is 5.75 Å². The van der Waals surface area contributed by atoms with E-state index < -0.39 is 15.7 Å². The van der Waals surface area contributed by atoms with Gasteiger partial charge < -0.3 is 24.7 Å². The molecule has 6 rings (SSSR count). The minimum atomic E-state index is -4.08. The van der Waals surface area contributed by atoms with Crippen molar-refractivity contribution in [1.82, 2.24) is 19.7 Å². The van der Waals surface area contributed by atoms with Gasteiger partial charge in [0.05, 0.1) is 29.3 Å². The molecule has 2 aromatic carbocycles. The summed E-state index contributed by atoms with van der Waals surface area (Å²) in [6.45, 7) is 14.9. The third-order valence-electron chi connectivity index (χ3n) is 9.95. The molecule has 3 fully saturated rings. The molecule has 0 spiro atoms. The molecule has 0 bridgehead atoms. The van der Waals surface area contributed by atoms with Crippen molar-refractivity contribution in [2.75, 3.05) is 90.4 Å². The summed E-state index contributed by atoms with van der Waals surface area (Å²) in [4.78, 5) is 15.4. The summed E-state index contributed by atoms with van der Waals surface area (Å²) in [5, 5.41) is 17.1. The van der Waals surface area contributed by atoms with Crippen LogP contribution in [-0.2, 0) is 9.84 Å². The van der Waals surface area contributed by atoms with Gasteiger partial charge in [0.25, 0.3) is 0 Å². The van der Waals surface area contributed by atoms with Crippen LogP contribution in [0.2, 0.25) is 0 Å². The number of anilines is 1. The number of aliphatic hydroxyl groups excluding tert-OH is 2. The lowest BCUT2D eigenvalue weighted by atomic mass is 9.96. The summed E-state index contributed by atoms with van der Waals surface area (Å²) >= 11 is 1.61. The van der Waals surface area contributed by atoms with E-state index in [4.69, 9.17) is 9.84 Å². The van der Waals surface area contributed by atoms with Gasteiger partial charge in [-0.1, -0.05) is 13.8 Å². The molecule has 4 heterocycles. The van der Waals surface area contributed by atoms with Crippen molar-refractivity contribution in [3.63, 3.8) is 0 Å². The van der Waals surface area contributed by atoms with Crippen molar-refractivity contribution < 1.29 is 27.8 Å². The van der Waals surface area contributed by atoms with E-state index in [9.17, 15) is 17.9 Å². The number of halogens is 1. The van der Waals surface area contributed by atoms with Crippen LogP contribution in [0, 0.1) is 5.82 Å². The highest BCUT2D eigenvalue weighted by atomic mass is 32.2. The number of hydrogen-bond donors (Lipinski definition) is 2. The van der Waals surface area contributed by atoms with Gasteiger partial charge in [0.1, 0.15) is 4.90 Å². The van der Waals surface area contributed by atoms with Gasteiger partial charge in [-0.25, -0.2) is 12.8 Å². The number of ether oxygens (including phenoxy) is 1. The normalized spacial score (nSPS) is 18.7. The number of aliphatic hydroxyl groups is 2. The molecule has 0 aliphatic carbocycles. The number of benzene rings is 2. The maximum Gasteiger partial charge on any atom is 0.210 e. The average Bonchev–Trinajstić information content (AvgIpc) is 3.17. The molecular weight excluding hydrogens is 678 g/mol. The number of piperidine rings is 2. The number of fused-ring (bicyclic) bond motifs is 1. The Kier molecular flexibility index (Phi) is 15.6. The second kappa shape index (κ2) is 19.4. The van der Waals surface area contributed by atoms with Gasteiger partial charge in [-0.15, -0.1) is 11.8 Å². The van der Waals surface area contributed by atoms with E-state index in [1.807, 2.05) is 38.3 Å². The first kappa shape index (κ1) is 40.3. The Hall–Kier alpha value is -2.52. The Morgan fingerprint density at radius 3 is 2.10 bits per heavy atom. The third kappa shape index (κ3) is 9.28. The maximum atomic E-state index is 14.8. The number of pyridine rings is 1. The first-order valence-electron chi connectivity index (χ1n) is 18.0. The molecule has 3 aliphatic heterocycles. The molecule has 3 aromatic rings. The van der Waals surface area contributed by atoms with Crippen LogP contribution < -0.4 is 9.64 Å². The SMILES string of the molecule is CC.CCOc1ccc(S(=O)(=O)c2cnc3ccc(SC)cc3c2N2CCC(N3CCC(N4CCN(CCO)CC4)CC3)CC2)cc1F.CO. The number of β-amino-alcohol motifs (C(OH)–C–C–N with tert-alkyl or cyclic N) is 1. The molecule has 0 amide bonds. The molecule has 0 saturated carbocycles. The van der Waals surface area contributed by atoms with Gasteiger partial charge >= 0.3 is 0 Å². The first-order valence-corrected chi connectivity index (χ1v) is 20.7. The minimum Gasteiger partial charge on any atom is -0.491 e. The zero-order valence-electron chi connectivity index (χ0n) is 30.4. The molecule has 13 heteroatoms. The number of rotatable bonds is 10. The molecule has 0 unspecified atom stereocenters. The fourth-order valence-corrected chi connectivity index (χ4v) is 9.29. The minimum absolute atomic E-state index is 0.0367. The lowest BCUT2D eigenvalue weighted by Crippen LogP contribution is -2.55. The Balaban J connectivity index is 0.00000136. The number of nitrogens with zero attached hydrogens (tertiary/aromatic N) is 5. The largest absolute Gasteiger partial charge is 0.491 e. The fourth-order valence-electron chi connectivity index (χ4n) is 7.40. The Bertz CT molecular complexity index is 1610. The van der Waals surface area contributed by atoms with Crippen molar-refractivity contribution in [3.05, 3.63) is 48.4 Å². The highest BCUT2D eigenvalue weighted by molar-refractivity contribution is 7.98. The lowest BCUT2D eigenvalue weighted by Gasteiger charge is -2.46. The summed E-state index contributed by atoms with van der Waals surface area (Å²) in [6, 6.07) is 10.9. The maximum absolute atomic E-state index is 14.8. The van der Waals surface area contributed by atoms with Crippen molar-refractivity contribution >= 4 is 38.2 Å². The van der Waals surface area contributed by atoms with Crippen LogP contribution in [0.3, 0.4) is 0 Å². The van der Waals surface area contributed by atoms with E-state index in [0.717, 1.165) is 101 Å². The summed E-state index contributed by atoms with van der Waals surface area (Å²) in [6.07, 6.45) is 7.70. The fraction of sp³-hybridized carbons (Fsp3) is 0.595. The van der Waals surface area contributed by atoms with Crippen molar-refractivity contribution in [1.29, 1.82) is 0 Å². The van der Waals surface area contributed by atoms with Crippen LogP contribution >= 0.6 is 11.8 Å². The molecule has 1 aromatic heterocycles. The Morgan fingerprint density at radius 2 is 1.52 bits per heavy atom. The number of aromatic nitrogens is 1. The summed E-state index contributed by atoms with van der Waals surface area (Å²) in [7, 11) is -3.08. The van der Waals surface area contributed by atoms with E-state index in [1.165, 1.54) is 31.2 Å². The smallest absolute Gasteiger partial charge is 0.210 e. The molecule has 10 nitrogen and oxygen atoms in total. The standard InChI is InChI=1S/C34H46FN5O4S2.C2H6.CH4O/c1-3-44-32-7-5-28(23-30(32)35)46(42,43)33-24-36-31-6-4-27(45-2)22-29(31)34(33)40-14-10-25(11-15-40)38-12-8-26(9-13-38)39-18-16-37(17-19-39)20-21-41;2*1-2/h4-7,22-26,41H,3,8-21H2,1-2H3;1-2H3;2H,1H3. The van der Waals surface area contributed by atoms with Gasteiger partial charge in [-0.05, 0) is 88.4 Å². The molecule has 3 aliphatic rings. The van der Waals surface area contributed by atoms with Crippen LogP contribution in [0.25, 0.3) is 10.9 Å². The highest BCUT2D eigenvalue weighted by Gasteiger charge is 2.34. The summed E-state index contributed by atoms with van der Waals surface area (Å²) in [5.41, 5.74) is 1.40. The zero-order chi connectivity index (χ0) is 36.3. The van der Waals surface area contributed by atoms with E-state index in [2.05, 4.69) is 24.6 Å². The molecule has 50 heavy (non-hydrogen) atoms. The second-order valence-corrected chi connectivity index (χ2v) is 15.3. The van der Waals surface area contributed by atoms with Crippen molar-refractivity contribution in [2.45, 2.75) is 73.2 Å². The predicted octanol–water partition coefficient (Wildman–Crippen LogP) is 5.01. The molecular formula is C37H56FN5O5S2. The molecule has 0 atom stereocenters. The van der Waals surface area contributed by atoms with Crippen molar-refractivity contribution in [2.24, 2.45) is 0 Å². The van der Waals surface area contributed by atoms with Gasteiger partial charge in [0.2, 0.25) is 9.84 Å². The third-order valence-corrected chi connectivity index (χ3v) is 12.4. The first-order chi connectivity index (χ1) is 24.3. The topological polar surface area (TPSA) is 110 Å². The number of sulfone groups is 1. The zero-order valence-corrected chi connectivity index (χ0v) is 32.0. The highest BCUT2D eigenvalue weighted by Crippen LogP contribution is 2.39. The molecule has 2 N–H and O–H groups in total.